The summed E-state index contributed by atoms with van der Waals surface area (Å²) in [5, 5.41) is 1.42. The van der Waals surface area contributed by atoms with E-state index in [1.54, 1.807) is 0 Å². The van der Waals surface area contributed by atoms with Gasteiger partial charge in [0.05, 0.1) is 5.69 Å². The number of anilines is 3. The van der Waals surface area contributed by atoms with Crippen molar-refractivity contribution in [2.75, 3.05) is 4.90 Å². The topological polar surface area (TPSA) is 12.5 Å². The Hall–Kier alpha value is -3.50. The Labute approximate surface area is 279 Å². The standard InChI is InChI=1S/C42H46BNOS/c1-9-10-14-26-23-30(40(2,3)4)36-35(24-26)46-39-38(36)44(27-19-20-28-29(25-27)42(7,8)22-21-41(28,5)6)32-16-13-18-34-37(32)43(39)31-15-11-12-17-33(31)45-34/h11-13,15-20,23-25H,9-10,14,21-22H2,1-8H3. The van der Waals surface area contributed by atoms with E-state index < -0.39 is 0 Å². The van der Waals surface area contributed by atoms with E-state index in [9.17, 15) is 0 Å². The summed E-state index contributed by atoms with van der Waals surface area (Å²) in [6.07, 6.45) is 5.97. The first-order valence-corrected chi connectivity index (χ1v) is 18.2. The van der Waals surface area contributed by atoms with Crippen molar-refractivity contribution in [3.8, 4) is 11.5 Å². The first kappa shape index (κ1) is 29.9. The van der Waals surface area contributed by atoms with Crippen molar-refractivity contribution in [3.63, 3.8) is 0 Å². The van der Waals surface area contributed by atoms with Crippen molar-refractivity contribution in [3.05, 3.63) is 95.1 Å². The van der Waals surface area contributed by atoms with Gasteiger partial charge in [0.25, 0.3) is 6.71 Å². The first-order valence-electron chi connectivity index (χ1n) is 17.3. The number of nitrogens with zero attached hydrogens (tertiary/aromatic N) is 1. The fourth-order valence-electron chi connectivity index (χ4n) is 8.39. The second-order valence-electron chi connectivity index (χ2n) is 16.3. The lowest BCUT2D eigenvalue weighted by molar-refractivity contribution is 0.332. The molecule has 3 aliphatic rings. The second-order valence-corrected chi connectivity index (χ2v) is 17.4. The minimum absolute atomic E-state index is 0.00142. The Kier molecular flexibility index (Phi) is 6.66. The average Bonchev–Trinajstić information content (AvgIpc) is 3.40. The highest BCUT2D eigenvalue weighted by molar-refractivity contribution is 7.33. The van der Waals surface area contributed by atoms with Crippen molar-refractivity contribution in [2.45, 2.75) is 104 Å². The lowest BCUT2D eigenvalue weighted by Crippen LogP contribution is -2.58. The Morgan fingerprint density at radius 2 is 1.59 bits per heavy atom. The molecule has 46 heavy (non-hydrogen) atoms. The van der Waals surface area contributed by atoms with Crippen molar-refractivity contribution in [1.29, 1.82) is 0 Å². The van der Waals surface area contributed by atoms with Crippen LogP contribution in [0.2, 0.25) is 0 Å². The summed E-state index contributed by atoms with van der Waals surface area (Å²) in [5.74, 6) is 1.96. The van der Waals surface area contributed by atoms with Crippen molar-refractivity contribution in [1.82, 2.24) is 0 Å². The molecule has 0 fully saturated rings. The zero-order valence-corrected chi connectivity index (χ0v) is 29.6. The normalized spacial score (nSPS) is 17.2. The number of benzene rings is 4. The van der Waals surface area contributed by atoms with Crippen LogP contribution in [0.15, 0.2) is 72.8 Å². The molecule has 1 aliphatic carbocycles. The van der Waals surface area contributed by atoms with E-state index in [4.69, 9.17) is 4.74 Å². The number of hydrogen-bond acceptors (Lipinski definition) is 3. The predicted octanol–water partition coefficient (Wildman–Crippen LogP) is 10.3. The molecule has 0 bridgehead atoms. The van der Waals surface area contributed by atoms with Crippen LogP contribution in [0, 0.1) is 0 Å². The maximum atomic E-state index is 6.67. The summed E-state index contributed by atoms with van der Waals surface area (Å²) < 4.78 is 9.51. The van der Waals surface area contributed by atoms with E-state index in [2.05, 4.69) is 133 Å². The van der Waals surface area contributed by atoms with E-state index >= 15 is 0 Å². The van der Waals surface area contributed by atoms with Crippen LogP contribution in [-0.4, -0.2) is 6.71 Å². The molecule has 0 saturated heterocycles. The third kappa shape index (κ3) is 4.43. The number of hydrogen-bond donors (Lipinski definition) is 0. The van der Waals surface area contributed by atoms with Gasteiger partial charge in [0.2, 0.25) is 0 Å². The molecule has 234 valence electrons. The Morgan fingerprint density at radius 3 is 2.35 bits per heavy atom. The maximum Gasteiger partial charge on any atom is 0.268 e. The van der Waals surface area contributed by atoms with E-state index in [1.807, 2.05) is 11.3 Å². The van der Waals surface area contributed by atoms with Gasteiger partial charge < -0.3 is 9.64 Å². The molecule has 4 heteroatoms. The number of fused-ring (bicyclic) bond motifs is 7. The van der Waals surface area contributed by atoms with Crippen LogP contribution in [0.4, 0.5) is 17.1 Å². The van der Waals surface area contributed by atoms with Gasteiger partial charge in [-0.3, -0.25) is 0 Å². The smallest absolute Gasteiger partial charge is 0.268 e. The Bertz CT molecular complexity index is 2030. The van der Waals surface area contributed by atoms with Crippen LogP contribution in [0.5, 0.6) is 11.5 Å². The average molecular weight is 624 g/mol. The summed E-state index contributed by atoms with van der Waals surface area (Å²) in [6.45, 7) is 19.3. The Morgan fingerprint density at radius 1 is 0.848 bits per heavy atom. The highest BCUT2D eigenvalue weighted by Crippen LogP contribution is 2.51. The van der Waals surface area contributed by atoms with Gasteiger partial charge in [-0.1, -0.05) is 98.2 Å². The maximum absolute atomic E-state index is 6.67. The molecule has 2 nitrogen and oxygen atoms in total. The molecule has 0 saturated carbocycles. The van der Waals surface area contributed by atoms with Crippen LogP contribution < -0.4 is 25.3 Å². The number of thiophene rings is 1. The molecule has 8 rings (SSSR count). The van der Waals surface area contributed by atoms with Crippen LogP contribution >= 0.6 is 11.3 Å². The minimum atomic E-state index is -0.00142. The molecule has 0 unspecified atom stereocenters. The summed E-state index contributed by atoms with van der Waals surface area (Å²) in [4.78, 5) is 2.61. The van der Waals surface area contributed by atoms with Gasteiger partial charge in [0.15, 0.2) is 0 Å². The second kappa shape index (κ2) is 10.3. The number of unbranched alkanes of at least 4 members (excludes halogenated alkanes) is 1. The molecule has 1 aromatic heterocycles. The van der Waals surface area contributed by atoms with Gasteiger partial charge >= 0.3 is 0 Å². The zero-order chi connectivity index (χ0) is 32.2. The third-order valence-electron chi connectivity index (χ3n) is 11.1. The lowest BCUT2D eigenvalue weighted by Gasteiger charge is -2.43. The van der Waals surface area contributed by atoms with Gasteiger partial charge in [-0.25, -0.2) is 0 Å². The molecule has 3 heterocycles. The molecule has 0 N–H and O–H groups in total. The molecular formula is C42H46BNOS. The van der Waals surface area contributed by atoms with Gasteiger partial charge in [-0.2, -0.15) is 0 Å². The lowest BCUT2D eigenvalue weighted by atomic mass is 9.37. The van der Waals surface area contributed by atoms with Gasteiger partial charge in [0.1, 0.15) is 11.5 Å². The summed E-state index contributed by atoms with van der Waals surface area (Å²) >= 11 is 2.01. The highest BCUT2D eigenvalue weighted by Gasteiger charge is 2.45. The van der Waals surface area contributed by atoms with Crippen LogP contribution in [0.25, 0.3) is 10.1 Å². The van der Waals surface area contributed by atoms with E-state index in [0.717, 1.165) is 17.9 Å². The first-order chi connectivity index (χ1) is 21.9. The van der Waals surface area contributed by atoms with Crippen molar-refractivity contribution < 1.29 is 4.74 Å². The van der Waals surface area contributed by atoms with Crippen LogP contribution in [-0.2, 0) is 22.7 Å². The zero-order valence-electron chi connectivity index (χ0n) is 28.8. The fraction of sp³-hybridized carbons (Fsp3) is 0.381. The summed E-state index contributed by atoms with van der Waals surface area (Å²) in [7, 11) is 0. The fourth-order valence-corrected chi connectivity index (χ4v) is 9.80. The van der Waals surface area contributed by atoms with Gasteiger partial charge in [-0.05, 0) is 112 Å². The van der Waals surface area contributed by atoms with E-state index in [1.165, 1.54) is 90.8 Å². The highest BCUT2D eigenvalue weighted by atomic mass is 32.1. The Balaban J connectivity index is 1.47. The molecular weight excluding hydrogens is 577 g/mol. The third-order valence-corrected chi connectivity index (χ3v) is 12.3. The molecule has 4 aromatic carbocycles. The predicted molar refractivity (Wildman–Crippen MR) is 200 cm³/mol. The number of aryl methyl sites for hydroxylation is 1. The molecule has 0 amide bonds. The van der Waals surface area contributed by atoms with E-state index in [0.29, 0.717) is 0 Å². The van der Waals surface area contributed by atoms with Crippen molar-refractivity contribution >= 4 is 60.9 Å². The van der Waals surface area contributed by atoms with Crippen molar-refractivity contribution in [2.24, 2.45) is 0 Å². The molecule has 5 aromatic rings. The minimum Gasteiger partial charge on any atom is -0.458 e. The number of rotatable bonds is 4. The van der Waals surface area contributed by atoms with Gasteiger partial charge in [-0.15, -0.1) is 11.3 Å². The summed E-state index contributed by atoms with van der Waals surface area (Å²) in [6, 6.07) is 27.8. The largest absolute Gasteiger partial charge is 0.458 e. The van der Waals surface area contributed by atoms with Crippen LogP contribution in [0.3, 0.4) is 0 Å². The number of para-hydroxylation sites is 1. The molecule has 2 aliphatic heterocycles. The monoisotopic (exact) mass is 623 g/mol. The molecule has 0 radical (unpaired) electrons. The van der Waals surface area contributed by atoms with E-state index in [-0.39, 0.29) is 23.0 Å². The number of ether oxygens (including phenoxy) is 1. The SMILES string of the molecule is CCCCc1cc(C(C)(C)C)c2c3c(sc2c1)B1c2ccccc2Oc2cccc(c21)N3c1ccc2c(c1)C(C)(C)CCC2(C)C. The van der Waals surface area contributed by atoms with Gasteiger partial charge in [0, 0.05) is 26.2 Å². The summed E-state index contributed by atoms with van der Waals surface area (Å²) in [5.41, 5.74) is 12.6. The quantitative estimate of drug-likeness (QED) is 0.181. The molecule has 0 atom stereocenters. The van der Waals surface area contributed by atoms with Crippen LogP contribution in [0.1, 0.15) is 103 Å². The molecule has 0 spiro atoms.